The van der Waals surface area contributed by atoms with Gasteiger partial charge in [-0.25, -0.2) is 0 Å². The molecule has 0 saturated heterocycles. The Bertz CT molecular complexity index is 805. The van der Waals surface area contributed by atoms with Gasteiger partial charge in [-0.15, -0.1) is 0 Å². The van der Waals surface area contributed by atoms with E-state index in [1.54, 1.807) is 50.5 Å². The van der Waals surface area contributed by atoms with Gasteiger partial charge in [0.15, 0.2) is 0 Å². The number of carbonyl (C=O) groups excluding carboxylic acids is 2. The zero-order chi connectivity index (χ0) is 18.8. The van der Waals surface area contributed by atoms with Crippen LogP contribution in [-0.2, 0) is 5.41 Å². The normalized spacial score (nSPS) is 11.1. The van der Waals surface area contributed by atoms with Crippen LogP contribution < -0.4 is 5.32 Å². The number of carbonyl (C=O) groups is 2. The molecule has 0 saturated carbocycles. The zero-order valence-electron chi connectivity index (χ0n) is 15.3. The molecule has 2 aromatic rings. The fraction of sp³-hybridized carbons (Fsp3) is 0.300. The summed E-state index contributed by atoms with van der Waals surface area (Å²) in [5.41, 5.74) is 2.03. The number of aromatic hydroxyl groups is 1. The average molecular weight is 340 g/mol. The molecule has 0 spiro atoms. The van der Waals surface area contributed by atoms with Gasteiger partial charge in [-0.3, -0.25) is 9.59 Å². The molecule has 2 aromatic carbocycles. The predicted octanol–water partition coefficient (Wildman–Crippen LogP) is 3.64. The molecule has 0 unspecified atom stereocenters. The summed E-state index contributed by atoms with van der Waals surface area (Å²) in [4.78, 5) is 26.0. The summed E-state index contributed by atoms with van der Waals surface area (Å²) in [6, 6.07) is 11.7. The maximum absolute atomic E-state index is 12.5. The van der Waals surface area contributed by atoms with Crippen LogP contribution in [0.3, 0.4) is 0 Å². The zero-order valence-corrected chi connectivity index (χ0v) is 15.3. The van der Waals surface area contributed by atoms with Gasteiger partial charge in [-0.1, -0.05) is 32.9 Å². The Balaban J connectivity index is 2.29. The van der Waals surface area contributed by atoms with Crippen LogP contribution in [0.5, 0.6) is 5.75 Å². The van der Waals surface area contributed by atoms with Crippen molar-refractivity contribution >= 4 is 17.5 Å². The number of nitrogens with one attached hydrogen (secondary N) is 1. The second-order valence-electron chi connectivity index (χ2n) is 7.22. The number of benzene rings is 2. The third-order valence-corrected chi connectivity index (χ3v) is 3.89. The average Bonchev–Trinajstić information content (AvgIpc) is 2.55. The van der Waals surface area contributed by atoms with Gasteiger partial charge in [-0.2, -0.15) is 0 Å². The van der Waals surface area contributed by atoms with E-state index >= 15 is 0 Å². The minimum Gasteiger partial charge on any atom is -0.506 e. The molecule has 2 amide bonds. The number of anilines is 1. The summed E-state index contributed by atoms with van der Waals surface area (Å²) >= 11 is 0. The summed E-state index contributed by atoms with van der Waals surface area (Å²) in [7, 11) is 3.32. The molecule has 0 aliphatic heterocycles. The van der Waals surface area contributed by atoms with E-state index in [0.29, 0.717) is 16.8 Å². The maximum Gasteiger partial charge on any atom is 0.255 e. The highest BCUT2D eigenvalue weighted by Gasteiger charge is 2.17. The van der Waals surface area contributed by atoms with E-state index < -0.39 is 0 Å². The Kier molecular flexibility index (Phi) is 5.16. The Morgan fingerprint density at radius 2 is 1.64 bits per heavy atom. The van der Waals surface area contributed by atoms with E-state index in [0.717, 1.165) is 5.56 Å². The fourth-order valence-electron chi connectivity index (χ4n) is 2.35. The molecule has 0 radical (unpaired) electrons. The first-order chi connectivity index (χ1) is 11.6. The first-order valence-corrected chi connectivity index (χ1v) is 8.06. The van der Waals surface area contributed by atoms with Crippen LogP contribution in [0, 0.1) is 0 Å². The Morgan fingerprint density at radius 3 is 2.24 bits per heavy atom. The van der Waals surface area contributed by atoms with Gasteiger partial charge in [0, 0.05) is 25.2 Å². The van der Waals surface area contributed by atoms with Crippen LogP contribution in [-0.4, -0.2) is 35.9 Å². The van der Waals surface area contributed by atoms with Crippen molar-refractivity contribution in [2.45, 2.75) is 26.2 Å². The van der Waals surface area contributed by atoms with Crippen molar-refractivity contribution in [2.75, 3.05) is 19.4 Å². The van der Waals surface area contributed by atoms with Crippen molar-refractivity contribution < 1.29 is 14.7 Å². The molecular formula is C20H24N2O3. The molecule has 0 aliphatic carbocycles. The van der Waals surface area contributed by atoms with E-state index in [-0.39, 0.29) is 23.0 Å². The summed E-state index contributed by atoms with van der Waals surface area (Å²) in [5.74, 6) is -0.552. The van der Waals surface area contributed by atoms with Crippen molar-refractivity contribution in [1.29, 1.82) is 0 Å². The lowest BCUT2D eigenvalue weighted by Crippen LogP contribution is -2.22. The highest BCUT2D eigenvalue weighted by Crippen LogP contribution is 2.31. The van der Waals surface area contributed by atoms with Gasteiger partial charge in [0.25, 0.3) is 11.8 Å². The van der Waals surface area contributed by atoms with Crippen molar-refractivity contribution in [3.8, 4) is 5.75 Å². The number of nitrogens with zero attached hydrogens (tertiary/aromatic N) is 1. The standard InChI is InChI=1S/C20H24N2O3/c1-20(2,3)15-9-10-17(23)16(12-15)21-18(24)13-7-6-8-14(11-13)19(25)22(4)5/h6-12,23H,1-5H3,(H,21,24). The number of phenolic OH excluding ortho intramolecular Hbond substituents is 1. The van der Waals surface area contributed by atoms with Gasteiger partial charge in [0.05, 0.1) is 5.69 Å². The summed E-state index contributed by atoms with van der Waals surface area (Å²) in [5, 5.41) is 12.8. The lowest BCUT2D eigenvalue weighted by atomic mass is 9.87. The minimum atomic E-state index is -0.380. The SMILES string of the molecule is CN(C)C(=O)c1cccc(C(=O)Nc2cc(C(C)(C)C)ccc2O)c1. The quantitative estimate of drug-likeness (QED) is 0.838. The summed E-state index contributed by atoms with van der Waals surface area (Å²) < 4.78 is 0. The monoisotopic (exact) mass is 340 g/mol. The third-order valence-electron chi connectivity index (χ3n) is 3.89. The predicted molar refractivity (Wildman–Crippen MR) is 99.2 cm³/mol. The molecule has 0 aromatic heterocycles. The van der Waals surface area contributed by atoms with Crippen LogP contribution in [0.25, 0.3) is 0 Å². The molecule has 25 heavy (non-hydrogen) atoms. The van der Waals surface area contributed by atoms with Crippen molar-refractivity contribution in [3.63, 3.8) is 0 Å². The lowest BCUT2D eigenvalue weighted by molar-refractivity contribution is 0.0827. The summed E-state index contributed by atoms with van der Waals surface area (Å²) in [6.45, 7) is 6.17. The highest BCUT2D eigenvalue weighted by molar-refractivity contribution is 6.06. The third kappa shape index (κ3) is 4.38. The van der Waals surface area contributed by atoms with E-state index in [2.05, 4.69) is 26.1 Å². The van der Waals surface area contributed by atoms with Crippen molar-refractivity contribution in [1.82, 2.24) is 4.90 Å². The molecule has 0 bridgehead atoms. The molecule has 5 heteroatoms. The molecule has 0 atom stereocenters. The number of hydrogen-bond donors (Lipinski definition) is 2. The van der Waals surface area contributed by atoms with Crippen LogP contribution in [0.2, 0.25) is 0 Å². The molecule has 0 heterocycles. The van der Waals surface area contributed by atoms with Gasteiger partial charge in [0.1, 0.15) is 5.75 Å². The molecule has 2 N–H and O–H groups in total. The minimum absolute atomic E-state index is 0.00173. The Labute approximate surface area is 148 Å². The molecule has 0 aliphatic rings. The first kappa shape index (κ1) is 18.5. The fourth-order valence-corrected chi connectivity index (χ4v) is 2.35. The Hall–Kier alpha value is -2.82. The van der Waals surface area contributed by atoms with Crippen molar-refractivity contribution in [2.24, 2.45) is 0 Å². The summed E-state index contributed by atoms with van der Waals surface area (Å²) in [6.07, 6.45) is 0. The van der Waals surface area contributed by atoms with E-state index in [1.165, 1.54) is 4.90 Å². The number of hydrogen-bond acceptors (Lipinski definition) is 3. The molecular weight excluding hydrogens is 316 g/mol. The number of phenols is 1. The largest absolute Gasteiger partial charge is 0.506 e. The highest BCUT2D eigenvalue weighted by atomic mass is 16.3. The van der Waals surface area contributed by atoms with Gasteiger partial charge < -0.3 is 15.3 Å². The van der Waals surface area contributed by atoms with Gasteiger partial charge in [0.2, 0.25) is 0 Å². The smallest absolute Gasteiger partial charge is 0.255 e. The molecule has 0 fully saturated rings. The second kappa shape index (κ2) is 6.97. The van der Waals surface area contributed by atoms with Gasteiger partial charge in [-0.05, 0) is 41.3 Å². The Morgan fingerprint density at radius 1 is 1.00 bits per heavy atom. The van der Waals surface area contributed by atoms with Crippen LogP contribution in [0.1, 0.15) is 47.1 Å². The first-order valence-electron chi connectivity index (χ1n) is 8.06. The van der Waals surface area contributed by atoms with Crippen LogP contribution in [0.15, 0.2) is 42.5 Å². The molecule has 132 valence electrons. The van der Waals surface area contributed by atoms with E-state index in [9.17, 15) is 14.7 Å². The van der Waals surface area contributed by atoms with Crippen LogP contribution >= 0.6 is 0 Å². The molecule has 2 rings (SSSR count). The number of amides is 2. The van der Waals surface area contributed by atoms with E-state index in [1.807, 2.05) is 6.07 Å². The van der Waals surface area contributed by atoms with E-state index in [4.69, 9.17) is 0 Å². The van der Waals surface area contributed by atoms with Crippen LogP contribution in [0.4, 0.5) is 5.69 Å². The molecule has 5 nitrogen and oxygen atoms in total. The van der Waals surface area contributed by atoms with Gasteiger partial charge >= 0.3 is 0 Å². The maximum atomic E-state index is 12.5. The topological polar surface area (TPSA) is 69.6 Å². The number of rotatable bonds is 3. The second-order valence-corrected chi connectivity index (χ2v) is 7.22. The lowest BCUT2D eigenvalue weighted by Gasteiger charge is -2.20. The van der Waals surface area contributed by atoms with Crippen molar-refractivity contribution in [3.05, 3.63) is 59.2 Å².